The first kappa shape index (κ1) is 9.92. The van der Waals surface area contributed by atoms with Crippen molar-refractivity contribution in [3.63, 3.8) is 0 Å². The highest BCUT2D eigenvalue weighted by Crippen LogP contribution is 2.29. The zero-order chi connectivity index (χ0) is 10.1. The Hall–Kier alpha value is -0.620. The topological polar surface area (TPSA) is 26.0 Å². The van der Waals surface area contributed by atoms with Gasteiger partial charge in [0.2, 0.25) is 0 Å². The molecule has 2 aromatic rings. The van der Waals surface area contributed by atoms with Gasteiger partial charge in [-0.1, -0.05) is 17.7 Å². The SMILES string of the molecule is Fc1cccc(Cl)c1-c1coc(I)n1. The van der Waals surface area contributed by atoms with Gasteiger partial charge in [0.1, 0.15) is 17.8 Å². The summed E-state index contributed by atoms with van der Waals surface area (Å²) >= 11 is 7.76. The van der Waals surface area contributed by atoms with E-state index in [2.05, 4.69) is 4.98 Å². The van der Waals surface area contributed by atoms with Crippen molar-refractivity contribution in [1.82, 2.24) is 4.98 Å². The second-order valence-corrected chi connectivity index (χ2v) is 3.91. The maximum Gasteiger partial charge on any atom is 0.257 e. The van der Waals surface area contributed by atoms with Gasteiger partial charge in [-0.15, -0.1) is 0 Å². The summed E-state index contributed by atoms with van der Waals surface area (Å²) in [6, 6.07) is 4.50. The van der Waals surface area contributed by atoms with Crippen molar-refractivity contribution < 1.29 is 8.81 Å². The van der Waals surface area contributed by atoms with Gasteiger partial charge in [-0.25, -0.2) is 9.37 Å². The van der Waals surface area contributed by atoms with E-state index < -0.39 is 5.82 Å². The van der Waals surface area contributed by atoms with Crippen LogP contribution in [-0.4, -0.2) is 4.98 Å². The number of aromatic nitrogens is 1. The van der Waals surface area contributed by atoms with E-state index in [-0.39, 0.29) is 5.56 Å². The molecule has 14 heavy (non-hydrogen) atoms. The molecule has 0 aliphatic carbocycles. The number of oxazole rings is 1. The van der Waals surface area contributed by atoms with Gasteiger partial charge in [-0.05, 0) is 12.1 Å². The summed E-state index contributed by atoms with van der Waals surface area (Å²) in [5.74, 6) is -0.401. The van der Waals surface area contributed by atoms with Crippen LogP contribution in [-0.2, 0) is 0 Å². The number of rotatable bonds is 1. The predicted molar refractivity (Wildman–Crippen MR) is 59.6 cm³/mol. The van der Waals surface area contributed by atoms with E-state index >= 15 is 0 Å². The van der Waals surface area contributed by atoms with E-state index in [1.54, 1.807) is 12.1 Å². The normalized spacial score (nSPS) is 10.5. The average molecular weight is 323 g/mol. The number of halogens is 3. The highest BCUT2D eigenvalue weighted by Gasteiger charge is 2.12. The van der Waals surface area contributed by atoms with Crippen LogP contribution in [0.1, 0.15) is 0 Å². The minimum Gasteiger partial charge on any atom is -0.440 e. The number of nitrogens with zero attached hydrogens (tertiary/aromatic N) is 1. The van der Waals surface area contributed by atoms with Gasteiger partial charge in [0.05, 0.1) is 10.6 Å². The van der Waals surface area contributed by atoms with E-state index in [4.69, 9.17) is 16.0 Å². The van der Waals surface area contributed by atoms with Crippen LogP contribution < -0.4 is 0 Å². The fraction of sp³-hybridized carbons (Fsp3) is 0. The maximum atomic E-state index is 13.4. The van der Waals surface area contributed by atoms with Crippen molar-refractivity contribution in [2.75, 3.05) is 0 Å². The van der Waals surface area contributed by atoms with Crippen LogP contribution in [0.4, 0.5) is 4.39 Å². The second-order valence-electron chi connectivity index (χ2n) is 2.58. The lowest BCUT2D eigenvalue weighted by Gasteiger charge is -2.00. The molecule has 0 saturated heterocycles. The average Bonchev–Trinajstić information content (AvgIpc) is 2.51. The Kier molecular flexibility index (Phi) is 2.73. The van der Waals surface area contributed by atoms with Crippen molar-refractivity contribution >= 4 is 34.2 Å². The lowest BCUT2D eigenvalue weighted by Crippen LogP contribution is -1.85. The Morgan fingerprint density at radius 2 is 2.21 bits per heavy atom. The quantitative estimate of drug-likeness (QED) is 0.747. The molecule has 0 N–H and O–H groups in total. The largest absolute Gasteiger partial charge is 0.440 e. The second kappa shape index (κ2) is 3.86. The van der Waals surface area contributed by atoms with Crippen molar-refractivity contribution in [1.29, 1.82) is 0 Å². The molecule has 0 amide bonds. The maximum absolute atomic E-state index is 13.4. The molecule has 0 fully saturated rings. The molecule has 2 rings (SSSR count). The fourth-order valence-corrected chi connectivity index (χ4v) is 1.76. The van der Waals surface area contributed by atoms with Gasteiger partial charge in [-0.2, -0.15) is 0 Å². The van der Waals surface area contributed by atoms with Crippen molar-refractivity contribution in [3.8, 4) is 11.3 Å². The fourth-order valence-electron chi connectivity index (χ4n) is 1.11. The van der Waals surface area contributed by atoms with Gasteiger partial charge in [0, 0.05) is 22.6 Å². The van der Waals surface area contributed by atoms with Gasteiger partial charge >= 0.3 is 0 Å². The van der Waals surface area contributed by atoms with Crippen LogP contribution in [0, 0.1) is 9.71 Å². The molecule has 0 saturated carbocycles. The zero-order valence-electron chi connectivity index (χ0n) is 6.80. The van der Waals surface area contributed by atoms with Crippen LogP contribution in [0.2, 0.25) is 5.02 Å². The summed E-state index contributed by atoms with van der Waals surface area (Å²) in [5, 5.41) is 0.328. The summed E-state index contributed by atoms with van der Waals surface area (Å²) in [6.45, 7) is 0. The van der Waals surface area contributed by atoms with Crippen LogP contribution >= 0.6 is 34.2 Å². The third-order valence-corrected chi connectivity index (χ3v) is 2.51. The molecule has 0 spiro atoms. The first-order valence-electron chi connectivity index (χ1n) is 3.74. The van der Waals surface area contributed by atoms with Crippen LogP contribution in [0.5, 0.6) is 0 Å². The Labute approximate surface area is 98.2 Å². The molecule has 1 heterocycles. The molecule has 0 aliphatic heterocycles. The van der Waals surface area contributed by atoms with E-state index in [1.807, 2.05) is 22.6 Å². The standard InChI is InChI=1S/C9H4ClFINO/c10-5-2-1-3-6(11)8(5)7-4-14-9(12)13-7/h1-4H. The predicted octanol–water partition coefficient (Wildman–Crippen LogP) is 3.74. The lowest BCUT2D eigenvalue weighted by molar-refractivity contribution is 0.525. The molecule has 0 atom stereocenters. The summed E-state index contributed by atoms with van der Waals surface area (Å²) < 4.78 is 18.8. The Morgan fingerprint density at radius 1 is 1.43 bits per heavy atom. The Balaban J connectivity index is 2.61. The summed E-state index contributed by atoms with van der Waals surface area (Å²) in [4.78, 5) is 4.00. The van der Waals surface area contributed by atoms with Gasteiger partial charge in [0.25, 0.3) is 3.90 Å². The van der Waals surface area contributed by atoms with Crippen LogP contribution in [0.15, 0.2) is 28.9 Å². The van der Waals surface area contributed by atoms with Crippen LogP contribution in [0.3, 0.4) is 0 Å². The molecular weight excluding hydrogens is 319 g/mol. The molecule has 72 valence electrons. The molecule has 0 bridgehead atoms. The van der Waals surface area contributed by atoms with Crippen LogP contribution in [0.25, 0.3) is 11.3 Å². The zero-order valence-corrected chi connectivity index (χ0v) is 9.71. The highest BCUT2D eigenvalue weighted by molar-refractivity contribution is 14.1. The van der Waals surface area contributed by atoms with Crippen molar-refractivity contribution in [3.05, 3.63) is 39.2 Å². The Morgan fingerprint density at radius 3 is 2.79 bits per heavy atom. The third kappa shape index (κ3) is 1.76. The van der Waals surface area contributed by atoms with E-state index in [0.717, 1.165) is 0 Å². The highest BCUT2D eigenvalue weighted by atomic mass is 127. The minimum atomic E-state index is -0.401. The molecule has 0 unspecified atom stereocenters. The molecule has 5 heteroatoms. The summed E-state index contributed by atoms with van der Waals surface area (Å²) in [6.07, 6.45) is 1.38. The van der Waals surface area contributed by atoms with Gasteiger partial charge in [0.15, 0.2) is 0 Å². The lowest BCUT2D eigenvalue weighted by atomic mass is 10.1. The van der Waals surface area contributed by atoms with E-state index in [9.17, 15) is 4.39 Å². The molecule has 1 aromatic heterocycles. The van der Waals surface area contributed by atoms with Crippen molar-refractivity contribution in [2.45, 2.75) is 0 Å². The van der Waals surface area contributed by atoms with E-state index in [0.29, 0.717) is 14.6 Å². The smallest absolute Gasteiger partial charge is 0.257 e. The first-order chi connectivity index (χ1) is 6.68. The number of benzene rings is 1. The molecule has 0 radical (unpaired) electrons. The van der Waals surface area contributed by atoms with E-state index in [1.165, 1.54) is 12.3 Å². The Bertz CT molecular complexity index is 451. The summed E-state index contributed by atoms with van der Waals surface area (Å²) in [7, 11) is 0. The summed E-state index contributed by atoms with van der Waals surface area (Å²) in [5.41, 5.74) is 0.693. The molecule has 0 aliphatic rings. The minimum absolute atomic E-state index is 0.279. The molecular formula is C9H4ClFINO. The number of hydrogen-bond acceptors (Lipinski definition) is 2. The third-order valence-electron chi connectivity index (χ3n) is 1.70. The number of hydrogen-bond donors (Lipinski definition) is 0. The first-order valence-corrected chi connectivity index (χ1v) is 5.19. The van der Waals surface area contributed by atoms with Gasteiger partial charge < -0.3 is 4.42 Å². The van der Waals surface area contributed by atoms with Crippen molar-refractivity contribution in [2.24, 2.45) is 0 Å². The molecule has 2 nitrogen and oxygen atoms in total. The van der Waals surface area contributed by atoms with Gasteiger partial charge in [-0.3, -0.25) is 0 Å². The molecule has 1 aromatic carbocycles. The monoisotopic (exact) mass is 323 g/mol.